The lowest BCUT2D eigenvalue weighted by Gasteiger charge is -2.12. The third-order valence-electron chi connectivity index (χ3n) is 2.18. The van der Waals surface area contributed by atoms with E-state index < -0.39 is 23.7 Å². The SMILES string of the molecule is C=CCC(NC(=O)c1ccc(Br)cc1F)C(=O)O. The highest BCUT2D eigenvalue weighted by atomic mass is 79.9. The quantitative estimate of drug-likeness (QED) is 0.820. The molecule has 6 heteroatoms. The van der Waals surface area contributed by atoms with E-state index in [2.05, 4.69) is 27.8 Å². The largest absolute Gasteiger partial charge is 0.480 e. The summed E-state index contributed by atoms with van der Waals surface area (Å²) in [6, 6.07) is 2.80. The lowest BCUT2D eigenvalue weighted by atomic mass is 10.1. The number of aliphatic carboxylic acids is 1. The van der Waals surface area contributed by atoms with E-state index in [4.69, 9.17) is 5.11 Å². The molecule has 0 fully saturated rings. The average molecular weight is 316 g/mol. The van der Waals surface area contributed by atoms with Crippen molar-refractivity contribution in [3.8, 4) is 0 Å². The molecule has 96 valence electrons. The highest BCUT2D eigenvalue weighted by Crippen LogP contribution is 2.15. The van der Waals surface area contributed by atoms with E-state index in [1.807, 2.05) is 0 Å². The summed E-state index contributed by atoms with van der Waals surface area (Å²) in [5.74, 6) is -2.68. The van der Waals surface area contributed by atoms with Gasteiger partial charge < -0.3 is 10.4 Å². The summed E-state index contributed by atoms with van der Waals surface area (Å²) in [5, 5.41) is 11.1. The summed E-state index contributed by atoms with van der Waals surface area (Å²) in [6.45, 7) is 3.40. The number of nitrogens with one attached hydrogen (secondary N) is 1. The Morgan fingerprint density at radius 2 is 2.22 bits per heavy atom. The minimum Gasteiger partial charge on any atom is -0.480 e. The number of rotatable bonds is 5. The predicted octanol–water partition coefficient (Wildman–Crippen LogP) is 2.35. The molecule has 1 unspecified atom stereocenters. The van der Waals surface area contributed by atoms with E-state index in [9.17, 15) is 14.0 Å². The highest BCUT2D eigenvalue weighted by Gasteiger charge is 2.20. The molecule has 0 aliphatic carbocycles. The maximum atomic E-state index is 13.5. The molecule has 1 aromatic carbocycles. The smallest absolute Gasteiger partial charge is 0.326 e. The summed E-state index contributed by atoms with van der Waals surface area (Å²) < 4.78 is 14.0. The number of carbonyl (C=O) groups excluding carboxylic acids is 1. The van der Waals surface area contributed by atoms with Crippen molar-refractivity contribution in [1.29, 1.82) is 0 Å². The van der Waals surface area contributed by atoms with Crippen LogP contribution in [0.5, 0.6) is 0 Å². The number of carboxylic acid groups (broad SMARTS) is 1. The zero-order valence-electron chi connectivity index (χ0n) is 9.32. The number of benzene rings is 1. The molecule has 0 heterocycles. The highest BCUT2D eigenvalue weighted by molar-refractivity contribution is 9.10. The standard InChI is InChI=1S/C12H11BrFNO3/c1-2-3-10(12(17)18)15-11(16)8-5-4-7(13)6-9(8)14/h2,4-6,10H,1,3H2,(H,15,16)(H,17,18). The van der Waals surface area contributed by atoms with Gasteiger partial charge in [-0.05, 0) is 24.6 Å². The molecule has 0 saturated carbocycles. The number of halogens is 2. The second-order valence-corrected chi connectivity index (χ2v) is 4.43. The van der Waals surface area contributed by atoms with Crippen LogP contribution in [0, 0.1) is 5.82 Å². The van der Waals surface area contributed by atoms with E-state index >= 15 is 0 Å². The van der Waals surface area contributed by atoms with Crippen LogP contribution in [0.1, 0.15) is 16.8 Å². The third kappa shape index (κ3) is 3.66. The van der Waals surface area contributed by atoms with E-state index in [0.29, 0.717) is 4.47 Å². The average Bonchev–Trinajstić information content (AvgIpc) is 2.27. The van der Waals surface area contributed by atoms with Gasteiger partial charge in [-0.1, -0.05) is 22.0 Å². The minimum absolute atomic E-state index is 0.0687. The molecule has 4 nitrogen and oxygen atoms in total. The fraction of sp³-hybridized carbons (Fsp3) is 0.167. The molecule has 1 rings (SSSR count). The maximum Gasteiger partial charge on any atom is 0.326 e. The van der Waals surface area contributed by atoms with Crippen LogP contribution in [-0.2, 0) is 4.79 Å². The molecule has 0 radical (unpaired) electrons. The molecule has 1 amide bonds. The number of carbonyl (C=O) groups is 2. The second kappa shape index (κ2) is 6.30. The van der Waals surface area contributed by atoms with Crippen LogP contribution in [-0.4, -0.2) is 23.0 Å². The Labute approximate surface area is 112 Å². The van der Waals surface area contributed by atoms with Crippen LogP contribution in [0.3, 0.4) is 0 Å². The molecule has 1 aromatic rings. The van der Waals surface area contributed by atoms with Crippen LogP contribution in [0.2, 0.25) is 0 Å². The van der Waals surface area contributed by atoms with Gasteiger partial charge in [-0.3, -0.25) is 4.79 Å². The van der Waals surface area contributed by atoms with Gasteiger partial charge in [0, 0.05) is 4.47 Å². The van der Waals surface area contributed by atoms with Gasteiger partial charge in [-0.2, -0.15) is 0 Å². The lowest BCUT2D eigenvalue weighted by molar-refractivity contribution is -0.139. The van der Waals surface area contributed by atoms with Crippen LogP contribution >= 0.6 is 15.9 Å². The molecule has 0 bridgehead atoms. The molecule has 0 aliphatic rings. The summed E-state index contributed by atoms with van der Waals surface area (Å²) in [4.78, 5) is 22.5. The van der Waals surface area contributed by atoms with Crippen molar-refractivity contribution >= 4 is 27.8 Å². The van der Waals surface area contributed by atoms with Gasteiger partial charge in [0.2, 0.25) is 0 Å². The molecule has 1 atom stereocenters. The maximum absolute atomic E-state index is 13.5. The summed E-state index contributed by atoms with van der Waals surface area (Å²) >= 11 is 3.07. The fourth-order valence-corrected chi connectivity index (χ4v) is 1.63. The molecule has 0 saturated heterocycles. The van der Waals surface area contributed by atoms with E-state index in [1.165, 1.54) is 18.2 Å². The van der Waals surface area contributed by atoms with Crippen molar-refractivity contribution in [3.05, 3.63) is 46.7 Å². The summed E-state index contributed by atoms with van der Waals surface area (Å²) in [7, 11) is 0. The monoisotopic (exact) mass is 315 g/mol. The molecule has 0 spiro atoms. The first kappa shape index (κ1) is 14.4. The van der Waals surface area contributed by atoms with E-state index in [1.54, 1.807) is 0 Å². The Morgan fingerprint density at radius 3 is 2.72 bits per heavy atom. The van der Waals surface area contributed by atoms with Crippen molar-refractivity contribution in [2.24, 2.45) is 0 Å². The van der Waals surface area contributed by atoms with Crippen LogP contribution < -0.4 is 5.32 Å². The second-order valence-electron chi connectivity index (χ2n) is 3.51. The number of amides is 1. The van der Waals surface area contributed by atoms with Crippen molar-refractivity contribution in [3.63, 3.8) is 0 Å². The Bertz CT molecular complexity index is 490. The topological polar surface area (TPSA) is 66.4 Å². The lowest BCUT2D eigenvalue weighted by Crippen LogP contribution is -2.40. The van der Waals surface area contributed by atoms with Gasteiger partial charge in [0.15, 0.2) is 0 Å². The van der Waals surface area contributed by atoms with Crippen molar-refractivity contribution in [1.82, 2.24) is 5.32 Å². The minimum atomic E-state index is -1.19. The van der Waals surface area contributed by atoms with E-state index in [-0.39, 0.29) is 12.0 Å². The Balaban J connectivity index is 2.86. The zero-order valence-corrected chi connectivity index (χ0v) is 10.9. The van der Waals surface area contributed by atoms with Gasteiger partial charge in [0.1, 0.15) is 11.9 Å². The molecule has 2 N–H and O–H groups in total. The summed E-state index contributed by atoms with van der Waals surface area (Å²) in [6.07, 6.45) is 1.44. The van der Waals surface area contributed by atoms with Crippen LogP contribution in [0.25, 0.3) is 0 Å². The van der Waals surface area contributed by atoms with Crippen LogP contribution in [0.15, 0.2) is 35.3 Å². The Kier molecular flexibility index (Phi) is 5.03. The van der Waals surface area contributed by atoms with Gasteiger partial charge >= 0.3 is 5.97 Å². The van der Waals surface area contributed by atoms with Gasteiger partial charge in [0.25, 0.3) is 5.91 Å². The molecule has 0 aromatic heterocycles. The number of hydrogen-bond donors (Lipinski definition) is 2. The molecular weight excluding hydrogens is 305 g/mol. The Morgan fingerprint density at radius 1 is 1.56 bits per heavy atom. The van der Waals surface area contributed by atoms with Crippen LogP contribution in [0.4, 0.5) is 4.39 Å². The van der Waals surface area contributed by atoms with Crippen molar-refractivity contribution < 1.29 is 19.1 Å². The number of carboxylic acids is 1. The predicted molar refractivity (Wildman–Crippen MR) is 67.8 cm³/mol. The van der Waals surface area contributed by atoms with Gasteiger partial charge in [0.05, 0.1) is 5.56 Å². The van der Waals surface area contributed by atoms with Gasteiger partial charge in [-0.15, -0.1) is 6.58 Å². The third-order valence-corrected chi connectivity index (χ3v) is 2.67. The first-order chi connectivity index (χ1) is 8.45. The molecular formula is C12H11BrFNO3. The summed E-state index contributed by atoms with van der Waals surface area (Å²) in [5.41, 5.74) is -0.200. The van der Waals surface area contributed by atoms with Gasteiger partial charge in [-0.25, -0.2) is 9.18 Å². The van der Waals surface area contributed by atoms with Crippen molar-refractivity contribution in [2.75, 3.05) is 0 Å². The number of hydrogen-bond acceptors (Lipinski definition) is 2. The fourth-order valence-electron chi connectivity index (χ4n) is 1.30. The molecule has 0 aliphatic heterocycles. The Hall–Kier alpha value is -1.69. The van der Waals surface area contributed by atoms with Crippen molar-refractivity contribution in [2.45, 2.75) is 12.5 Å². The zero-order chi connectivity index (χ0) is 13.7. The first-order valence-electron chi connectivity index (χ1n) is 5.05. The normalized spacial score (nSPS) is 11.7. The first-order valence-corrected chi connectivity index (χ1v) is 5.84. The molecule has 18 heavy (non-hydrogen) atoms. The van der Waals surface area contributed by atoms with E-state index in [0.717, 1.165) is 6.07 Å².